The SMILES string of the molecule is O=C(Nc1ccc(N2CCCCCC2)cc1)N1CCc2cccc(F)c2C1. The molecule has 2 aliphatic rings. The maximum atomic E-state index is 14.0. The van der Waals surface area contributed by atoms with Gasteiger partial charge in [0.1, 0.15) is 5.82 Å². The predicted octanol–water partition coefficient (Wildman–Crippen LogP) is 4.80. The lowest BCUT2D eigenvalue weighted by Gasteiger charge is -2.29. The molecule has 2 aromatic carbocycles. The molecule has 0 aliphatic carbocycles. The second kappa shape index (κ2) is 7.99. The molecule has 142 valence electrons. The van der Waals surface area contributed by atoms with E-state index in [-0.39, 0.29) is 11.8 Å². The summed E-state index contributed by atoms with van der Waals surface area (Å²) in [6, 6.07) is 13.0. The van der Waals surface area contributed by atoms with E-state index < -0.39 is 0 Å². The summed E-state index contributed by atoms with van der Waals surface area (Å²) in [5, 5.41) is 2.95. The fraction of sp³-hybridized carbons (Fsp3) is 0.409. The Bertz CT molecular complexity index is 798. The Morgan fingerprint density at radius 3 is 2.41 bits per heavy atom. The zero-order valence-electron chi connectivity index (χ0n) is 15.6. The van der Waals surface area contributed by atoms with Crippen LogP contribution in [0.1, 0.15) is 36.8 Å². The molecule has 2 amide bonds. The quantitative estimate of drug-likeness (QED) is 0.828. The summed E-state index contributed by atoms with van der Waals surface area (Å²) in [7, 11) is 0. The fourth-order valence-corrected chi connectivity index (χ4v) is 4.00. The molecule has 4 rings (SSSR count). The summed E-state index contributed by atoms with van der Waals surface area (Å²) in [6.45, 7) is 3.13. The summed E-state index contributed by atoms with van der Waals surface area (Å²) in [6.07, 6.45) is 5.79. The van der Waals surface area contributed by atoms with Crippen LogP contribution in [0.3, 0.4) is 0 Å². The Kier molecular flexibility index (Phi) is 5.28. The van der Waals surface area contributed by atoms with Crippen molar-refractivity contribution in [3.63, 3.8) is 0 Å². The van der Waals surface area contributed by atoms with Gasteiger partial charge in [0, 0.05) is 36.6 Å². The molecule has 1 saturated heterocycles. The number of rotatable bonds is 2. The Hall–Kier alpha value is -2.56. The van der Waals surface area contributed by atoms with Gasteiger partial charge in [0.25, 0.3) is 0 Å². The molecule has 5 heteroatoms. The van der Waals surface area contributed by atoms with Crippen LogP contribution in [0.2, 0.25) is 0 Å². The molecular formula is C22H26FN3O. The average molecular weight is 367 g/mol. The minimum atomic E-state index is -0.230. The molecule has 4 nitrogen and oxygen atoms in total. The van der Waals surface area contributed by atoms with Gasteiger partial charge < -0.3 is 15.1 Å². The van der Waals surface area contributed by atoms with E-state index in [1.165, 1.54) is 37.4 Å². The molecule has 27 heavy (non-hydrogen) atoms. The molecule has 0 atom stereocenters. The minimum absolute atomic E-state index is 0.175. The van der Waals surface area contributed by atoms with Gasteiger partial charge in [0.2, 0.25) is 0 Å². The van der Waals surface area contributed by atoms with Gasteiger partial charge in [0.05, 0.1) is 6.54 Å². The molecule has 2 heterocycles. The number of urea groups is 1. The van der Waals surface area contributed by atoms with E-state index >= 15 is 0 Å². The largest absolute Gasteiger partial charge is 0.372 e. The van der Waals surface area contributed by atoms with Gasteiger partial charge in [-0.25, -0.2) is 9.18 Å². The first kappa shape index (κ1) is 17.8. The molecule has 0 saturated carbocycles. The highest BCUT2D eigenvalue weighted by molar-refractivity contribution is 5.89. The van der Waals surface area contributed by atoms with Gasteiger partial charge >= 0.3 is 6.03 Å². The van der Waals surface area contributed by atoms with Gasteiger partial charge in [-0.1, -0.05) is 25.0 Å². The summed E-state index contributed by atoms with van der Waals surface area (Å²) in [4.78, 5) is 16.7. The smallest absolute Gasteiger partial charge is 0.322 e. The number of amides is 2. The molecule has 2 aromatic rings. The van der Waals surface area contributed by atoms with E-state index in [0.717, 1.165) is 24.3 Å². The van der Waals surface area contributed by atoms with Crippen molar-refractivity contribution in [2.24, 2.45) is 0 Å². The first-order valence-electron chi connectivity index (χ1n) is 9.88. The van der Waals surface area contributed by atoms with Crippen molar-refractivity contribution in [1.29, 1.82) is 0 Å². The predicted molar refractivity (Wildman–Crippen MR) is 107 cm³/mol. The van der Waals surface area contributed by atoms with Gasteiger partial charge in [-0.15, -0.1) is 0 Å². The van der Waals surface area contributed by atoms with E-state index in [1.54, 1.807) is 11.0 Å². The van der Waals surface area contributed by atoms with Crippen molar-refractivity contribution in [1.82, 2.24) is 4.90 Å². The maximum Gasteiger partial charge on any atom is 0.322 e. The lowest BCUT2D eigenvalue weighted by molar-refractivity contribution is 0.205. The van der Waals surface area contributed by atoms with Gasteiger partial charge in [-0.3, -0.25) is 0 Å². The van der Waals surface area contributed by atoms with Crippen LogP contribution in [0.15, 0.2) is 42.5 Å². The van der Waals surface area contributed by atoms with Crippen LogP contribution in [-0.2, 0) is 13.0 Å². The number of anilines is 2. The van der Waals surface area contributed by atoms with Crippen molar-refractivity contribution in [2.45, 2.75) is 38.6 Å². The average Bonchev–Trinajstić information content (AvgIpc) is 2.98. The molecule has 1 fully saturated rings. The van der Waals surface area contributed by atoms with E-state index in [0.29, 0.717) is 25.1 Å². The van der Waals surface area contributed by atoms with Crippen LogP contribution >= 0.6 is 0 Å². The summed E-state index contributed by atoms with van der Waals surface area (Å²) in [5.41, 5.74) is 3.62. The molecule has 0 unspecified atom stereocenters. The minimum Gasteiger partial charge on any atom is -0.372 e. The van der Waals surface area contributed by atoms with Crippen molar-refractivity contribution in [2.75, 3.05) is 29.9 Å². The van der Waals surface area contributed by atoms with Gasteiger partial charge in [-0.05, 0) is 55.2 Å². The topological polar surface area (TPSA) is 35.6 Å². The van der Waals surface area contributed by atoms with Crippen LogP contribution in [0.25, 0.3) is 0 Å². The number of halogens is 1. The third-order valence-electron chi connectivity index (χ3n) is 5.59. The van der Waals surface area contributed by atoms with Crippen molar-refractivity contribution < 1.29 is 9.18 Å². The van der Waals surface area contributed by atoms with Gasteiger partial charge in [-0.2, -0.15) is 0 Å². The van der Waals surface area contributed by atoms with Crippen LogP contribution in [0, 0.1) is 5.82 Å². The monoisotopic (exact) mass is 367 g/mol. The van der Waals surface area contributed by atoms with E-state index in [9.17, 15) is 9.18 Å². The summed E-state index contributed by atoms with van der Waals surface area (Å²) < 4.78 is 14.0. The molecule has 2 aliphatic heterocycles. The number of benzene rings is 2. The second-order valence-corrected chi connectivity index (χ2v) is 7.43. The number of hydrogen-bond acceptors (Lipinski definition) is 2. The molecule has 0 aromatic heterocycles. The van der Waals surface area contributed by atoms with Gasteiger partial charge in [0.15, 0.2) is 0 Å². The van der Waals surface area contributed by atoms with E-state index in [1.807, 2.05) is 18.2 Å². The fourth-order valence-electron chi connectivity index (χ4n) is 4.00. The maximum absolute atomic E-state index is 14.0. The second-order valence-electron chi connectivity index (χ2n) is 7.43. The Balaban J connectivity index is 1.39. The van der Waals surface area contributed by atoms with Crippen LogP contribution in [-0.4, -0.2) is 30.6 Å². The molecule has 0 radical (unpaired) electrons. The number of fused-ring (bicyclic) bond motifs is 1. The normalized spacial score (nSPS) is 17.2. The van der Waals surface area contributed by atoms with Crippen LogP contribution in [0.5, 0.6) is 0 Å². The highest BCUT2D eigenvalue weighted by Gasteiger charge is 2.23. The lowest BCUT2D eigenvalue weighted by Crippen LogP contribution is -2.39. The van der Waals surface area contributed by atoms with E-state index in [2.05, 4.69) is 22.3 Å². The highest BCUT2D eigenvalue weighted by atomic mass is 19.1. The number of nitrogens with zero attached hydrogens (tertiary/aromatic N) is 2. The highest BCUT2D eigenvalue weighted by Crippen LogP contribution is 2.24. The number of hydrogen-bond donors (Lipinski definition) is 1. The molecular weight excluding hydrogens is 341 g/mol. The Morgan fingerprint density at radius 1 is 0.926 bits per heavy atom. The number of carbonyl (C=O) groups is 1. The Morgan fingerprint density at radius 2 is 1.67 bits per heavy atom. The van der Waals surface area contributed by atoms with Crippen LogP contribution in [0.4, 0.5) is 20.6 Å². The summed E-state index contributed by atoms with van der Waals surface area (Å²) in [5.74, 6) is -0.230. The molecule has 1 N–H and O–H groups in total. The van der Waals surface area contributed by atoms with Crippen molar-refractivity contribution in [3.05, 3.63) is 59.4 Å². The molecule has 0 spiro atoms. The third-order valence-corrected chi connectivity index (χ3v) is 5.59. The third kappa shape index (κ3) is 4.07. The molecule has 0 bridgehead atoms. The van der Waals surface area contributed by atoms with E-state index in [4.69, 9.17) is 0 Å². The standard InChI is InChI=1S/C22H26FN3O/c23-21-7-5-6-17-12-15-26(16-20(17)21)22(27)24-18-8-10-19(11-9-18)25-13-3-1-2-4-14-25/h5-11H,1-4,12-16H2,(H,24,27). The zero-order valence-corrected chi connectivity index (χ0v) is 15.6. The first-order chi connectivity index (χ1) is 13.2. The number of carbonyl (C=O) groups excluding carboxylic acids is 1. The summed E-state index contributed by atoms with van der Waals surface area (Å²) >= 11 is 0. The number of nitrogens with one attached hydrogen (secondary N) is 1. The lowest BCUT2D eigenvalue weighted by atomic mass is 9.99. The van der Waals surface area contributed by atoms with Crippen molar-refractivity contribution >= 4 is 17.4 Å². The van der Waals surface area contributed by atoms with Crippen molar-refractivity contribution in [3.8, 4) is 0 Å². The first-order valence-corrected chi connectivity index (χ1v) is 9.88. The van der Waals surface area contributed by atoms with Crippen LogP contribution < -0.4 is 10.2 Å². The zero-order chi connectivity index (χ0) is 18.6. The Labute approximate surface area is 160 Å².